The van der Waals surface area contributed by atoms with Crippen LogP contribution in [0.25, 0.3) is 5.78 Å². The average Bonchev–Trinajstić information content (AvgIpc) is 3.19. The molecule has 0 radical (unpaired) electrons. The van der Waals surface area contributed by atoms with Crippen LogP contribution < -0.4 is 11.1 Å². The van der Waals surface area contributed by atoms with Gasteiger partial charge in [0.1, 0.15) is 6.33 Å². The van der Waals surface area contributed by atoms with Crippen LogP contribution in [0, 0.1) is 20.8 Å². The lowest BCUT2D eigenvalue weighted by molar-refractivity contribution is -0.116. The normalized spacial score (nSPS) is 11.1. The molecule has 0 aromatic carbocycles. The summed E-state index contributed by atoms with van der Waals surface area (Å²) in [6.45, 7) is 5.68. The van der Waals surface area contributed by atoms with Crippen molar-refractivity contribution in [3.8, 4) is 0 Å². The van der Waals surface area contributed by atoms with Gasteiger partial charge in [-0.2, -0.15) is 10.1 Å². The summed E-state index contributed by atoms with van der Waals surface area (Å²) in [6, 6.07) is 0. The molecule has 0 aliphatic heterocycles. The summed E-state index contributed by atoms with van der Waals surface area (Å²) in [6.07, 6.45) is 2.30. The summed E-state index contributed by atoms with van der Waals surface area (Å²) in [7, 11) is 0. The Morgan fingerprint density at radius 2 is 2.04 bits per heavy atom. The Hall–Kier alpha value is -2.53. The number of thiazole rings is 1. The molecular weight excluding hydrogens is 386 g/mol. The second kappa shape index (κ2) is 8.01. The van der Waals surface area contributed by atoms with Gasteiger partial charge in [0.25, 0.3) is 5.78 Å². The van der Waals surface area contributed by atoms with Crippen LogP contribution in [0.15, 0.2) is 10.5 Å². The molecule has 3 N–H and O–H groups in total. The summed E-state index contributed by atoms with van der Waals surface area (Å²) in [5.74, 6) is 0.222. The summed E-state index contributed by atoms with van der Waals surface area (Å²) in [5, 5.41) is 7.49. The number of aryl methyl sites for hydroxylation is 3. The number of primary amides is 1. The van der Waals surface area contributed by atoms with Gasteiger partial charge in [-0.25, -0.2) is 14.5 Å². The first-order chi connectivity index (χ1) is 12.8. The summed E-state index contributed by atoms with van der Waals surface area (Å²) in [5.41, 5.74) is 8.69. The Balaban J connectivity index is 1.63. The number of carbonyl (C=O) groups excluding carboxylic acids is 2. The van der Waals surface area contributed by atoms with Crippen molar-refractivity contribution >= 4 is 45.8 Å². The Kier molecular flexibility index (Phi) is 5.71. The third-order valence-corrected chi connectivity index (χ3v) is 6.39. The van der Waals surface area contributed by atoms with Crippen LogP contribution in [0.3, 0.4) is 0 Å². The molecule has 0 unspecified atom stereocenters. The lowest BCUT2D eigenvalue weighted by Crippen LogP contribution is -2.14. The zero-order valence-corrected chi connectivity index (χ0v) is 16.8. The molecule has 2 amide bonds. The van der Waals surface area contributed by atoms with Crippen molar-refractivity contribution in [2.75, 3.05) is 11.1 Å². The predicted octanol–water partition coefficient (Wildman–Crippen LogP) is 1.65. The van der Waals surface area contributed by atoms with Gasteiger partial charge in [0, 0.05) is 17.8 Å². The standard InChI is InChI=1S/C16H19N7O2S2/c1-8-11(10(3)23-15(20-8)18-7-19-23)4-5-13(25)22-16-21-9(2)14(27-16)26-6-12(17)24/h7H,4-6H2,1-3H3,(H2,17,24)(H,21,22,25). The lowest BCUT2D eigenvalue weighted by Gasteiger charge is -2.10. The van der Waals surface area contributed by atoms with E-state index in [1.807, 2.05) is 20.8 Å². The van der Waals surface area contributed by atoms with Gasteiger partial charge in [0.05, 0.1) is 15.7 Å². The van der Waals surface area contributed by atoms with Crippen molar-refractivity contribution in [1.82, 2.24) is 24.6 Å². The smallest absolute Gasteiger partial charge is 0.252 e. The van der Waals surface area contributed by atoms with E-state index in [9.17, 15) is 9.59 Å². The minimum absolute atomic E-state index is 0.132. The molecule has 0 saturated carbocycles. The molecule has 0 bridgehead atoms. The number of fused-ring (bicyclic) bond motifs is 1. The van der Waals surface area contributed by atoms with Crippen LogP contribution in [0.2, 0.25) is 0 Å². The van der Waals surface area contributed by atoms with Crippen LogP contribution in [0.5, 0.6) is 0 Å². The molecule has 0 atom stereocenters. The number of anilines is 1. The number of nitrogens with two attached hydrogens (primary N) is 1. The topological polar surface area (TPSA) is 128 Å². The number of hydrogen-bond acceptors (Lipinski definition) is 8. The third kappa shape index (κ3) is 4.42. The maximum absolute atomic E-state index is 12.3. The van der Waals surface area contributed by atoms with Gasteiger partial charge in [-0.1, -0.05) is 11.3 Å². The van der Waals surface area contributed by atoms with E-state index >= 15 is 0 Å². The van der Waals surface area contributed by atoms with Crippen LogP contribution in [-0.2, 0) is 16.0 Å². The fourth-order valence-electron chi connectivity index (χ4n) is 2.64. The number of carbonyl (C=O) groups is 2. The predicted molar refractivity (Wildman–Crippen MR) is 104 cm³/mol. The number of aromatic nitrogens is 5. The summed E-state index contributed by atoms with van der Waals surface area (Å²) in [4.78, 5) is 36.1. The molecule has 0 saturated heterocycles. The fourth-order valence-corrected chi connectivity index (χ4v) is 4.54. The van der Waals surface area contributed by atoms with Crippen LogP contribution in [-0.4, -0.2) is 42.1 Å². The highest BCUT2D eigenvalue weighted by atomic mass is 32.2. The molecule has 3 aromatic rings. The zero-order valence-electron chi connectivity index (χ0n) is 15.1. The number of rotatable bonds is 7. The number of hydrogen-bond donors (Lipinski definition) is 2. The fraction of sp³-hybridized carbons (Fsp3) is 0.375. The van der Waals surface area contributed by atoms with Gasteiger partial charge in [0.15, 0.2) is 5.13 Å². The number of nitrogens with zero attached hydrogens (tertiary/aromatic N) is 5. The van der Waals surface area contributed by atoms with Gasteiger partial charge in [-0.3, -0.25) is 9.59 Å². The van der Waals surface area contributed by atoms with Crippen molar-refractivity contribution < 1.29 is 9.59 Å². The molecule has 142 valence electrons. The molecule has 3 heterocycles. The molecule has 0 fully saturated rings. The van der Waals surface area contributed by atoms with E-state index in [0.717, 1.165) is 26.9 Å². The van der Waals surface area contributed by atoms with Gasteiger partial charge in [-0.05, 0) is 32.8 Å². The molecule has 11 heteroatoms. The van der Waals surface area contributed by atoms with Crippen LogP contribution in [0.1, 0.15) is 29.1 Å². The van der Waals surface area contributed by atoms with Gasteiger partial charge in [0.2, 0.25) is 11.8 Å². The zero-order chi connectivity index (χ0) is 19.6. The Morgan fingerprint density at radius 3 is 2.78 bits per heavy atom. The second-order valence-electron chi connectivity index (χ2n) is 5.93. The second-order valence-corrected chi connectivity index (χ2v) is 8.17. The largest absolute Gasteiger partial charge is 0.369 e. The van der Waals surface area contributed by atoms with E-state index in [-0.39, 0.29) is 17.6 Å². The van der Waals surface area contributed by atoms with Gasteiger partial charge < -0.3 is 11.1 Å². The van der Waals surface area contributed by atoms with Crippen molar-refractivity contribution in [1.29, 1.82) is 0 Å². The van der Waals surface area contributed by atoms with Crippen LogP contribution >= 0.6 is 23.1 Å². The molecule has 0 aliphatic carbocycles. The van der Waals surface area contributed by atoms with Gasteiger partial charge >= 0.3 is 0 Å². The highest BCUT2D eigenvalue weighted by molar-refractivity contribution is 8.01. The monoisotopic (exact) mass is 405 g/mol. The molecule has 3 aromatic heterocycles. The molecule has 3 rings (SSSR count). The molecule has 0 spiro atoms. The third-order valence-electron chi connectivity index (χ3n) is 3.94. The summed E-state index contributed by atoms with van der Waals surface area (Å²) >= 11 is 2.66. The van der Waals surface area contributed by atoms with Crippen molar-refractivity contribution in [2.45, 2.75) is 37.8 Å². The average molecular weight is 406 g/mol. The van der Waals surface area contributed by atoms with Crippen molar-refractivity contribution in [3.05, 3.63) is 29.0 Å². The maximum atomic E-state index is 12.3. The van der Waals surface area contributed by atoms with E-state index in [1.54, 1.807) is 4.52 Å². The Labute approximate surface area is 163 Å². The minimum Gasteiger partial charge on any atom is -0.369 e. The molecular formula is C16H19N7O2S2. The number of nitrogens with one attached hydrogen (secondary N) is 1. The number of amides is 2. The van der Waals surface area contributed by atoms with Crippen LogP contribution in [0.4, 0.5) is 5.13 Å². The minimum atomic E-state index is -0.387. The van der Waals surface area contributed by atoms with E-state index in [1.165, 1.54) is 29.4 Å². The first-order valence-electron chi connectivity index (χ1n) is 8.19. The highest BCUT2D eigenvalue weighted by Gasteiger charge is 2.15. The first-order valence-corrected chi connectivity index (χ1v) is 9.99. The van der Waals surface area contributed by atoms with E-state index in [4.69, 9.17) is 5.73 Å². The molecule has 27 heavy (non-hydrogen) atoms. The number of thioether (sulfide) groups is 1. The lowest BCUT2D eigenvalue weighted by atomic mass is 10.1. The van der Waals surface area contributed by atoms with Crippen molar-refractivity contribution in [2.24, 2.45) is 5.73 Å². The maximum Gasteiger partial charge on any atom is 0.252 e. The highest BCUT2D eigenvalue weighted by Crippen LogP contribution is 2.31. The molecule has 9 nitrogen and oxygen atoms in total. The Morgan fingerprint density at radius 1 is 1.26 bits per heavy atom. The molecule has 0 aliphatic rings. The quantitative estimate of drug-likeness (QED) is 0.572. The Bertz CT molecular complexity index is 1010. The SMILES string of the molecule is Cc1nc(NC(=O)CCc2c(C)nc3ncnn3c2C)sc1SCC(N)=O. The van der Waals surface area contributed by atoms with E-state index in [2.05, 4.69) is 25.4 Å². The van der Waals surface area contributed by atoms with Gasteiger partial charge in [-0.15, -0.1) is 11.8 Å². The summed E-state index contributed by atoms with van der Waals surface area (Å²) < 4.78 is 2.55. The van der Waals surface area contributed by atoms with E-state index < -0.39 is 0 Å². The van der Waals surface area contributed by atoms with Crippen molar-refractivity contribution in [3.63, 3.8) is 0 Å². The first kappa shape index (κ1) is 19.2. The van der Waals surface area contributed by atoms with E-state index in [0.29, 0.717) is 23.8 Å².